The first-order valence-electron chi connectivity index (χ1n) is 9.90. The van der Waals surface area contributed by atoms with Gasteiger partial charge in [0.15, 0.2) is 0 Å². The molecule has 3 fully saturated rings. The Morgan fingerprint density at radius 2 is 2.04 bits per heavy atom. The Morgan fingerprint density at radius 1 is 1.38 bits per heavy atom. The Kier molecular flexibility index (Phi) is 6.84. The second-order valence-corrected chi connectivity index (χ2v) is 7.73. The highest BCUT2D eigenvalue weighted by molar-refractivity contribution is 5.89. The Bertz CT molecular complexity index is 591. The molecule has 0 aromatic carbocycles. The first-order valence-corrected chi connectivity index (χ1v) is 9.90. The minimum Gasteiger partial charge on any atom is -0.365 e. The number of hydrogen-bond donors (Lipinski definition) is 1. The van der Waals surface area contributed by atoms with E-state index in [0.29, 0.717) is 12.3 Å². The third kappa shape index (κ3) is 5.08. The van der Waals surface area contributed by atoms with Gasteiger partial charge in [0.05, 0.1) is 5.69 Å². The van der Waals surface area contributed by atoms with Crippen molar-refractivity contribution in [3.05, 3.63) is 18.0 Å². The summed E-state index contributed by atoms with van der Waals surface area (Å²) in [5.41, 5.74) is 1.10. The number of amides is 2. The van der Waals surface area contributed by atoms with Gasteiger partial charge in [-0.1, -0.05) is 32.9 Å². The van der Waals surface area contributed by atoms with Crippen molar-refractivity contribution in [2.75, 3.05) is 6.54 Å². The molecule has 2 heterocycles. The highest BCUT2D eigenvalue weighted by Crippen LogP contribution is 2.66. The van der Waals surface area contributed by atoms with Crippen LogP contribution < -0.4 is 5.32 Å². The fourth-order valence-corrected chi connectivity index (χ4v) is 3.31. The van der Waals surface area contributed by atoms with Crippen LogP contribution in [-0.4, -0.2) is 40.0 Å². The summed E-state index contributed by atoms with van der Waals surface area (Å²) in [6, 6.07) is 1.60. The van der Waals surface area contributed by atoms with Crippen molar-refractivity contribution in [2.45, 2.75) is 78.3 Å². The average molecular weight is 364 g/mol. The Morgan fingerprint density at radius 3 is 2.46 bits per heavy atom. The molecule has 1 N–H and O–H groups in total. The first kappa shape index (κ1) is 20.5. The minimum atomic E-state index is -0.201. The molecule has 1 aromatic heterocycles. The molecule has 0 radical (unpaired) electrons. The summed E-state index contributed by atoms with van der Waals surface area (Å²) in [6.07, 6.45) is 6.21. The molecule has 3 aliphatic rings. The van der Waals surface area contributed by atoms with Crippen molar-refractivity contribution >= 4 is 11.8 Å². The van der Waals surface area contributed by atoms with Gasteiger partial charge in [-0.25, -0.2) is 0 Å². The van der Waals surface area contributed by atoms with E-state index < -0.39 is 0 Å². The highest BCUT2D eigenvalue weighted by Gasteiger charge is 2.70. The number of rotatable bonds is 4. The van der Waals surface area contributed by atoms with Crippen molar-refractivity contribution < 1.29 is 14.1 Å². The zero-order chi connectivity index (χ0) is 19.3. The maximum atomic E-state index is 12.2. The molecule has 6 heteroatoms. The standard InChI is InChI=1S/C14H22N2O2.C4H5NO.C2H6/c1-9(2)6-12(17)16-5-3-4-11(16)13(18)15-14-7-10(14)8-14;1-4-2-3-6-5-4;1-2/h9-11H,3-8H2,1-2H3,(H,15,18);2-3H,1H3;1-2H3. The largest absolute Gasteiger partial charge is 0.365 e. The number of aryl methyl sites for hydroxylation is 1. The minimum absolute atomic E-state index is 0.0876. The average Bonchev–Trinajstić information content (AvgIpc) is 3.23. The van der Waals surface area contributed by atoms with E-state index in [1.54, 1.807) is 17.2 Å². The summed E-state index contributed by atoms with van der Waals surface area (Å²) in [6.45, 7) is 10.7. The number of carbonyl (C=O) groups excluding carboxylic acids is 2. The van der Waals surface area contributed by atoms with Gasteiger partial charge in [0.25, 0.3) is 0 Å². The summed E-state index contributed by atoms with van der Waals surface area (Å²) < 4.78 is 4.46. The maximum absolute atomic E-state index is 12.2. The summed E-state index contributed by atoms with van der Waals surface area (Å²) in [4.78, 5) is 26.1. The van der Waals surface area contributed by atoms with Gasteiger partial charge in [-0.05, 0) is 44.4 Å². The van der Waals surface area contributed by atoms with E-state index in [0.717, 1.165) is 43.8 Å². The summed E-state index contributed by atoms with van der Waals surface area (Å²) in [7, 11) is 0. The van der Waals surface area contributed by atoms with Gasteiger partial charge < -0.3 is 14.7 Å². The molecule has 146 valence electrons. The zero-order valence-electron chi connectivity index (χ0n) is 16.7. The monoisotopic (exact) mass is 363 g/mol. The molecule has 26 heavy (non-hydrogen) atoms. The van der Waals surface area contributed by atoms with Crippen LogP contribution in [0.3, 0.4) is 0 Å². The molecule has 6 nitrogen and oxygen atoms in total. The molecule has 2 amide bonds. The van der Waals surface area contributed by atoms with Crippen molar-refractivity contribution in [2.24, 2.45) is 11.8 Å². The Labute approximate surface area is 156 Å². The summed E-state index contributed by atoms with van der Waals surface area (Å²) in [5.74, 6) is 1.34. The number of hydrogen-bond acceptors (Lipinski definition) is 4. The molecular weight excluding hydrogens is 330 g/mol. The molecule has 2 saturated carbocycles. The summed E-state index contributed by atoms with van der Waals surface area (Å²) >= 11 is 0. The van der Waals surface area contributed by atoms with E-state index in [2.05, 4.69) is 15.0 Å². The van der Waals surface area contributed by atoms with Gasteiger partial charge in [0.2, 0.25) is 11.8 Å². The zero-order valence-corrected chi connectivity index (χ0v) is 16.7. The normalized spacial score (nSPS) is 27.5. The van der Waals surface area contributed by atoms with Gasteiger partial charge in [-0.2, -0.15) is 0 Å². The molecule has 1 unspecified atom stereocenters. The molecule has 1 saturated heterocycles. The Balaban J connectivity index is 0.000000256. The Hall–Kier alpha value is -1.85. The smallest absolute Gasteiger partial charge is 0.243 e. The topological polar surface area (TPSA) is 75.4 Å². The number of carbonyl (C=O) groups is 2. The van der Waals surface area contributed by atoms with Gasteiger partial charge in [0, 0.05) is 24.6 Å². The van der Waals surface area contributed by atoms with E-state index >= 15 is 0 Å². The fourth-order valence-electron chi connectivity index (χ4n) is 3.31. The van der Waals surface area contributed by atoms with Crippen LogP contribution in [0, 0.1) is 18.8 Å². The number of aromatic nitrogens is 1. The number of nitrogens with one attached hydrogen (secondary N) is 1. The number of fused-ring (bicyclic) bond motifs is 1. The van der Waals surface area contributed by atoms with Crippen molar-refractivity contribution in [3.63, 3.8) is 0 Å². The van der Waals surface area contributed by atoms with E-state index in [-0.39, 0.29) is 23.4 Å². The molecule has 1 atom stereocenters. The molecule has 1 aromatic rings. The molecule has 1 aliphatic heterocycles. The lowest BCUT2D eigenvalue weighted by atomic mass is 10.1. The van der Waals surface area contributed by atoms with E-state index in [1.165, 1.54) is 0 Å². The first-order chi connectivity index (χ1) is 12.4. The molecule has 4 rings (SSSR count). The number of likely N-dealkylation sites (tertiary alicyclic amines) is 1. The lowest BCUT2D eigenvalue weighted by Crippen LogP contribution is -2.48. The van der Waals surface area contributed by atoms with Crippen LogP contribution in [0.15, 0.2) is 16.9 Å². The predicted octanol–water partition coefficient (Wildman–Crippen LogP) is 3.31. The second kappa shape index (κ2) is 8.69. The summed E-state index contributed by atoms with van der Waals surface area (Å²) in [5, 5.41) is 6.69. The second-order valence-electron chi connectivity index (χ2n) is 7.73. The van der Waals surface area contributed by atoms with Crippen LogP contribution in [0.1, 0.15) is 65.5 Å². The third-order valence-corrected chi connectivity index (χ3v) is 5.08. The van der Waals surface area contributed by atoms with Crippen molar-refractivity contribution in [1.29, 1.82) is 0 Å². The van der Waals surface area contributed by atoms with Gasteiger partial charge >= 0.3 is 0 Å². The number of nitrogens with zero attached hydrogens (tertiary/aromatic N) is 2. The van der Waals surface area contributed by atoms with Crippen LogP contribution in [0.5, 0.6) is 0 Å². The van der Waals surface area contributed by atoms with Crippen LogP contribution >= 0.6 is 0 Å². The van der Waals surface area contributed by atoms with E-state index in [1.807, 2.05) is 34.6 Å². The highest BCUT2D eigenvalue weighted by atomic mass is 16.5. The predicted molar refractivity (Wildman–Crippen MR) is 100 cm³/mol. The lowest BCUT2D eigenvalue weighted by Gasteiger charge is -2.25. The van der Waals surface area contributed by atoms with Gasteiger partial charge in [0.1, 0.15) is 12.3 Å². The SMILES string of the molecule is CC.CC(C)CC(=O)N1CCCC1C(=O)NC12CC1C2.Cc1ccon1. The van der Waals surface area contributed by atoms with E-state index in [9.17, 15) is 9.59 Å². The quantitative estimate of drug-likeness (QED) is 0.890. The van der Waals surface area contributed by atoms with Gasteiger partial charge in [-0.15, -0.1) is 0 Å². The molecule has 0 bridgehead atoms. The lowest BCUT2D eigenvalue weighted by molar-refractivity contribution is -0.139. The molecular formula is C20H33N3O3. The van der Waals surface area contributed by atoms with Crippen LogP contribution in [0.4, 0.5) is 0 Å². The van der Waals surface area contributed by atoms with E-state index in [4.69, 9.17) is 0 Å². The molecule has 2 aliphatic carbocycles. The maximum Gasteiger partial charge on any atom is 0.243 e. The third-order valence-electron chi connectivity index (χ3n) is 5.08. The van der Waals surface area contributed by atoms with Gasteiger partial charge in [-0.3, -0.25) is 9.59 Å². The van der Waals surface area contributed by atoms with Crippen LogP contribution in [0.2, 0.25) is 0 Å². The molecule has 0 spiro atoms. The van der Waals surface area contributed by atoms with Crippen LogP contribution in [-0.2, 0) is 9.59 Å². The fraction of sp³-hybridized carbons (Fsp3) is 0.750. The van der Waals surface area contributed by atoms with Crippen LogP contribution in [0.25, 0.3) is 0 Å². The van der Waals surface area contributed by atoms with Crippen molar-refractivity contribution in [1.82, 2.24) is 15.4 Å². The van der Waals surface area contributed by atoms with Crippen molar-refractivity contribution in [3.8, 4) is 0 Å².